The van der Waals surface area contributed by atoms with Crippen molar-refractivity contribution in [3.63, 3.8) is 0 Å². The van der Waals surface area contributed by atoms with Crippen molar-refractivity contribution in [1.29, 1.82) is 0 Å². The molecule has 7 heteroatoms. The number of hydrogen-bond donors (Lipinski definition) is 2. The van der Waals surface area contributed by atoms with Gasteiger partial charge in [-0.2, -0.15) is 0 Å². The summed E-state index contributed by atoms with van der Waals surface area (Å²) >= 11 is 3.43. The molecule has 2 aromatic rings. The molecule has 1 aromatic heterocycles. The van der Waals surface area contributed by atoms with E-state index in [1.807, 2.05) is 25.1 Å². The highest BCUT2D eigenvalue weighted by atomic mass is 79.9. The molecule has 1 aromatic carbocycles. The molecule has 0 fully saturated rings. The minimum atomic E-state index is -0.581. The normalized spacial score (nSPS) is 11.6. The summed E-state index contributed by atoms with van der Waals surface area (Å²) < 4.78 is 6.51. The van der Waals surface area contributed by atoms with Gasteiger partial charge in [-0.3, -0.25) is 4.79 Å². The summed E-state index contributed by atoms with van der Waals surface area (Å²) in [7, 11) is 0. The highest BCUT2D eigenvalue weighted by Gasteiger charge is 2.15. The Hall–Kier alpha value is -2.15. The molecule has 1 amide bonds. The van der Waals surface area contributed by atoms with Crippen molar-refractivity contribution in [2.24, 2.45) is 0 Å². The molecule has 0 aliphatic rings. The number of anilines is 1. The lowest BCUT2D eigenvalue weighted by atomic mass is 10.2. The van der Waals surface area contributed by atoms with Crippen LogP contribution in [0.3, 0.4) is 0 Å². The second-order valence-electron chi connectivity index (χ2n) is 4.98. The van der Waals surface area contributed by atoms with E-state index in [-0.39, 0.29) is 5.91 Å². The largest absolute Gasteiger partial charge is 0.480 e. The van der Waals surface area contributed by atoms with Gasteiger partial charge in [-0.25, -0.2) is 9.97 Å². The summed E-state index contributed by atoms with van der Waals surface area (Å²) in [6.45, 7) is 4.71. The number of ether oxygens (including phenoxy) is 1. The van der Waals surface area contributed by atoms with Gasteiger partial charge in [-0.15, -0.1) is 0 Å². The van der Waals surface area contributed by atoms with E-state index in [0.29, 0.717) is 24.8 Å². The number of hydrogen-bond acceptors (Lipinski definition) is 5. The van der Waals surface area contributed by atoms with Crippen LogP contribution in [0.2, 0.25) is 0 Å². The summed E-state index contributed by atoms with van der Waals surface area (Å²) in [6, 6.07) is 7.48. The van der Waals surface area contributed by atoms with Crippen molar-refractivity contribution >= 4 is 27.8 Å². The number of carbonyl (C=O) groups excluding carboxylic acids is 1. The van der Waals surface area contributed by atoms with E-state index < -0.39 is 6.10 Å². The molecular weight excluding hydrogens is 360 g/mol. The number of aromatic nitrogens is 2. The molecule has 0 aliphatic heterocycles. The molecule has 1 atom stereocenters. The third-order valence-electron chi connectivity index (χ3n) is 3.03. The van der Waals surface area contributed by atoms with Gasteiger partial charge in [-0.05, 0) is 53.5 Å². The molecule has 122 valence electrons. The Kier molecular flexibility index (Phi) is 6.34. The summed E-state index contributed by atoms with van der Waals surface area (Å²) in [4.78, 5) is 20.1. The standard InChI is InChI=1S/C16H19BrN4O2/c1-11-4-5-14(13(17)10-11)23-12(2)15(22)18-8-9-21-16-19-6-3-7-20-16/h3-7,10,12H,8-9H2,1-2H3,(H,18,22)(H,19,20,21)/t12-/m1/s1. The molecular formula is C16H19BrN4O2. The SMILES string of the molecule is Cc1ccc(O[C@H](C)C(=O)NCCNc2ncccn2)c(Br)c1. The topological polar surface area (TPSA) is 76.1 Å². The fourth-order valence-electron chi connectivity index (χ4n) is 1.84. The van der Waals surface area contributed by atoms with Gasteiger partial charge in [0.25, 0.3) is 5.91 Å². The van der Waals surface area contributed by atoms with E-state index in [1.165, 1.54) is 0 Å². The maximum absolute atomic E-state index is 12.0. The highest BCUT2D eigenvalue weighted by molar-refractivity contribution is 9.10. The minimum absolute atomic E-state index is 0.173. The zero-order valence-electron chi connectivity index (χ0n) is 13.0. The molecule has 6 nitrogen and oxygen atoms in total. The van der Waals surface area contributed by atoms with E-state index in [0.717, 1.165) is 10.0 Å². The fraction of sp³-hybridized carbons (Fsp3) is 0.312. The molecule has 0 radical (unpaired) electrons. The van der Waals surface area contributed by atoms with Gasteiger partial charge < -0.3 is 15.4 Å². The van der Waals surface area contributed by atoms with Crippen LogP contribution in [0.15, 0.2) is 41.1 Å². The van der Waals surface area contributed by atoms with Crippen molar-refractivity contribution in [2.45, 2.75) is 20.0 Å². The Morgan fingerprint density at radius 3 is 2.74 bits per heavy atom. The van der Waals surface area contributed by atoms with Gasteiger partial charge in [0.2, 0.25) is 5.95 Å². The van der Waals surface area contributed by atoms with Gasteiger partial charge in [0.1, 0.15) is 5.75 Å². The van der Waals surface area contributed by atoms with Crippen LogP contribution in [-0.2, 0) is 4.79 Å². The van der Waals surface area contributed by atoms with Crippen molar-refractivity contribution in [2.75, 3.05) is 18.4 Å². The van der Waals surface area contributed by atoms with E-state index in [9.17, 15) is 4.79 Å². The quantitative estimate of drug-likeness (QED) is 0.724. The van der Waals surface area contributed by atoms with Crippen molar-refractivity contribution in [3.8, 4) is 5.75 Å². The van der Waals surface area contributed by atoms with Gasteiger partial charge in [0.05, 0.1) is 4.47 Å². The van der Waals surface area contributed by atoms with E-state index in [2.05, 4.69) is 36.5 Å². The van der Waals surface area contributed by atoms with Crippen molar-refractivity contribution < 1.29 is 9.53 Å². The number of nitrogens with zero attached hydrogens (tertiary/aromatic N) is 2. The molecule has 1 heterocycles. The maximum Gasteiger partial charge on any atom is 0.260 e. The van der Waals surface area contributed by atoms with E-state index in [1.54, 1.807) is 25.4 Å². The third-order valence-corrected chi connectivity index (χ3v) is 3.65. The summed E-state index contributed by atoms with van der Waals surface area (Å²) in [5, 5.41) is 5.83. The van der Waals surface area contributed by atoms with Gasteiger partial charge in [-0.1, -0.05) is 6.07 Å². The number of amides is 1. The molecule has 0 saturated heterocycles. The molecule has 2 rings (SSSR count). The average molecular weight is 379 g/mol. The summed E-state index contributed by atoms with van der Waals surface area (Å²) in [5.41, 5.74) is 1.12. The first-order valence-corrected chi connectivity index (χ1v) is 8.07. The Balaban J connectivity index is 1.74. The zero-order chi connectivity index (χ0) is 16.7. The van der Waals surface area contributed by atoms with Crippen LogP contribution in [0.4, 0.5) is 5.95 Å². The number of carbonyl (C=O) groups is 1. The number of benzene rings is 1. The number of halogens is 1. The van der Waals surface area contributed by atoms with Gasteiger partial charge >= 0.3 is 0 Å². The van der Waals surface area contributed by atoms with Gasteiger partial charge in [0, 0.05) is 25.5 Å². The summed E-state index contributed by atoms with van der Waals surface area (Å²) in [5.74, 6) is 1.01. The van der Waals surface area contributed by atoms with Crippen LogP contribution in [0.5, 0.6) is 5.75 Å². The van der Waals surface area contributed by atoms with Crippen LogP contribution >= 0.6 is 15.9 Å². The number of nitrogens with one attached hydrogen (secondary N) is 2. The lowest BCUT2D eigenvalue weighted by Gasteiger charge is -2.16. The van der Waals surface area contributed by atoms with Gasteiger partial charge in [0.15, 0.2) is 6.10 Å². The maximum atomic E-state index is 12.0. The molecule has 2 N–H and O–H groups in total. The van der Waals surface area contributed by atoms with E-state index >= 15 is 0 Å². The number of rotatable bonds is 7. The first kappa shape index (κ1) is 17.2. The first-order chi connectivity index (χ1) is 11.1. The van der Waals surface area contributed by atoms with Crippen LogP contribution in [0.25, 0.3) is 0 Å². The molecule has 0 unspecified atom stereocenters. The minimum Gasteiger partial charge on any atom is -0.480 e. The second kappa shape index (κ2) is 8.47. The van der Waals surface area contributed by atoms with E-state index in [4.69, 9.17) is 4.74 Å². The summed E-state index contributed by atoms with van der Waals surface area (Å²) in [6.07, 6.45) is 2.73. The predicted molar refractivity (Wildman–Crippen MR) is 92.5 cm³/mol. The number of aryl methyl sites for hydroxylation is 1. The molecule has 0 aliphatic carbocycles. The predicted octanol–water partition coefficient (Wildman–Crippen LogP) is 2.54. The highest BCUT2D eigenvalue weighted by Crippen LogP contribution is 2.26. The lowest BCUT2D eigenvalue weighted by molar-refractivity contribution is -0.127. The average Bonchev–Trinajstić information content (AvgIpc) is 2.55. The fourth-order valence-corrected chi connectivity index (χ4v) is 2.43. The van der Waals surface area contributed by atoms with Crippen molar-refractivity contribution in [3.05, 3.63) is 46.7 Å². The van der Waals surface area contributed by atoms with Crippen LogP contribution in [0, 0.1) is 6.92 Å². The second-order valence-corrected chi connectivity index (χ2v) is 5.84. The Bertz CT molecular complexity index is 652. The van der Waals surface area contributed by atoms with Crippen LogP contribution < -0.4 is 15.4 Å². The zero-order valence-corrected chi connectivity index (χ0v) is 14.6. The first-order valence-electron chi connectivity index (χ1n) is 7.27. The molecule has 0 saturated carbocycles. The Labute approximate surface area is 143 Å². The molecule has 0 spiro atoms. The van der Waals surface area contributed by atoms with Crippen LogP contribution in [0.1, 0.15) is 12.5 Å². The molecule has 0 bridgehead atoms. The smallest absolute Gasteiger partial charge is 0.260 e. The van der Waals surface area contributed by atoms with Crippen molar-refractivity contribution in [1.82, 2.24) is 15.3 Å². The Morgan fingerprint density at radius 1 is 1.30 bits per heavy atom. The molecule has 23 heavy (non-hydrogen) atoms. The van der Waals surface area contributed by atoms with Crippen LogP contribution in [-0.4, -0.2) is 35.1 Å². The third kappa shape index (κ3) is 5.52. The monoisotopic (exact) mass is 378 g/mol. The Morgan fingerprint density at radius 2 is 2.04 bits per heavy atom. The lowest BCUT2D eigenvalue weighted by Crippen LogP contribution is -2.38.